The standard InChI is InChI=1S/C16H25N3O/c1-19(11-13-4-3-9-20-12-13)16-14(5-2-8-17-16)10-18-15-6-7-15/h2,5,8,13,15,18H,3-4,6-7,9-12H2,1H3. The molecule has 1 aliphatic carbocycles. The largest absolute Gasteiger partial charge is 0.381 e. The minimum Gasteiger partial charge on any atom is -0.381 e. The van der Waals surface area contributed by atoms with Gasteiger partial charge in [-0.05, 0) is 37.7 Å². The molecule has 0 spiro atoms. The van der Waals surface area contributed by atoms with Gasteiger partial charge < -0.3 is 15.0 Å². The summed E-state index contributed by atoms with van der Waals surface area (Å²) in [6.45, 7) is 3.79. The number of nitrogens with one attached hydrogen (secondary N) is 1. The van der Waals surface area contributed by atoms with Crippen LogP contribution in [0.1, 0.15) is 31.2 Å². The minimum atomic E-state index is 0.639. The molecule has 20 heavy (non-hydrogen) atoms. The molecule has 0 radical (unpaired) electrons. The van der Waals surface area contributed by atoms with Crippen LogP contribution in [0.25, 0.3) is 0 Å². The third kappa shape index (κ3) is 3.70. The molecule has 0 aromatic carbocycles. The van der Waals surface area contributed by atoms with Crippen LogP contribution in [-0.4, -0.2) is 37.8 Å². The van der Waals surface area contributed by atoms with Crippen molar-refractivity contribution in [1.82, 2.24) is 10.3 Å². The summed E-state index contributed by atoms with van der Waals surface area (Å²) >= 11 is 0. The van der Waals surface area contributed by atoms with E-state index in [1.807, 2.05) is 12.3 Å². The smallest absolute Gasteiger partial charge is 0.132 e. The van der Waals surface area contributed by atoms with Crippen LogP contribution < -0.4 is 10.2 Å². The lowest BCUT2D eigenvalue weighted by atomic mass is 10.0. The van der Waals surface area contributed by atoms with Crippen molar-refractivity contribution < 1.29 is 4.74 Å². The number of aromatic nitrogens is 1. The first-order valence-corrected chi connectivity index (χ1v) is 7.79. The maximum absolute atomic E-state index is 5.58. The van der Waals surface area contributed by atoms with Crippen molar-refractivity contribution in [2.75, 3.05) is 31.7 Å². The van der Waals surface area contributed by atoms with Crippen LogP contribution >= 0.6 is 0 Å². The quantitative estimate of drug-likeness (QED) is 0.863. The molecule has 4 nitrogen and oxygen atoms in total. The summed E-state index contributed by atoms with van der Waals surface area (Å²) in [4.78, 5) is 6.88. The summed E-state index contributed by atoms with van der Waals surface area (Å²) in [6, 6.07) is 4.96. The van der Waals surface area contributed by atoms with Crippen molar-refractivity contribution >= 4 is 5.82 Å². The van der Waals surface area contributed by atoms with Crippen molar-refractivity contribution in [2.24, 2.45) is 5.92 Å². The molecule has 3 rings (SSSR count). The fourth-order valence-electron chi connectivity index (χ4n) is 2.88. The molecule has 1 N–H and O–H groups in total. The van der Waals surface area contributed by atoms with Crippen molar-refractivity contribution in [1.29, 1.82) is 0 Å². The van der Waals surface area contributed by atoms with Crippen molar-refractivity contribution in [2.45, 2.75) is 38.3 Å². The molecule has 1 saturated heterocycles. The van der Waals surface area contributed by atoms with E-state index in [4.69, 9.17) is 4.74 Å². The minimum absolute atomic E-state index is 0.639. The van der Waals surface area contributed by atoms with E-state index in [2.05, 4.69) is 28.3 Å². The van der Waals surface area contributed by atoms with Crippen molar-refractivity contribution in [3.05, 3.63) is 23.9 Å². The van der Waals surface area contributed by atoms with Crippen LogP contribution in [0.3, 0.4) is 0 Å². The topological polar surface area (TPSA) is 37.4 Å². The zero-order valence-corrected chi connectivity index (χ0v) is 12.3. The Hall–Kier alpha value is -1.13. The Kier molecular flexibility index (Phi) is 4.53. The van der Waals surface area contributed by atoms with Gasteiger partial charge in [0.25, 0.3) is 0 Å². The molecule has 0 amide bonds. The molecule has 0 bridgehead atoms. The maximum Gasteiger partial charge on any atom is 0.132 e. The Bertz CT molecular complexity index is 427. The fraction of sp³-hybridized carbons (Fsp3) is 0.688. The zero-order chi connectivity index (χ0) is 13.8. The third-order valence-electron chi connectivity index (χ3n) is 4.17. The molecular weight excluding hydrogens is 250 g/mol. The van der Waals surface area contributed by atoms with Gasteiger partial charge in [-0.1, -0.05) is 6.07 Å². The van der Waals surface area contributed by atoms with E-state index in [0.717, 1.165) is 38.2 Å². The molecule has 4 heteroatoms. The fourth-order valence-corrected chi connectivity index (χ4v) is 2.88. The maximum atomic E-state index is 5.58. The second kappa shape index (κ2) is 6.55. The molecule has 2 fully saturated rings. The van der Waals surface area contributed by atoms with E-state index < -0.39 is 0 Å². The van der Waals surface area contributed by atoms with E-state index >= 15 is 0 Å². The highest BCUT2D eigenvalue weighted by atomic mass is 16.5. The monoisotopic (exact) mass is 275 g/mol. The molecule has 1 aliphatic heterocycles. The predicted molar refractivity (Wildman–Crippen MR) is 80.9 cm³/mol. The molecule has 1 aromatic heterocycles. The lowest BCUT2D eigenvalue weighted by Crippen LogP contribution is -2.32. The molecule has 1 unspecified atom stereocenters. The van der Waals surface area contributed by atoms with Gasteiger partial charge in [-0.3, -0.25) is 0 Å². The van der Waals surface area contributed by atoms with Gasteiger partial charge in [0.1, 0.15) is 5.82 Å². The van der Waals surface area contributed by atoms with Crippen LogP contribution in [0.2, 0.25) is 0 Å². The van der Waals surface area contributed by atoms with Gasteiger partial charge in [-0.15, -0.1) is 0 Å². The van der Waals surface area contributed by atoms with Crippen LogP contribution in [-0.2, 0) is 11.3 Å². The number of ether oxygens (including phenoxy) is 1. The van der Waals surface area contributed by atoms with Gasteiger partial charge in [0.05, 0.1) is 6.61 Å². The van der Waals surface area contributed by atoms with Crippen molar-refractivity contribution in [3.63, 3.8) is 0 Å². The number of anilines is 1. The van der Waals surface area contributed by atoms with Crippen LogP contribution in [0.5, 0.6) is 0 Å². The summed E-state index contributed by atoms with van der Waals surface area (Å²) in [5, 5.41) is 3.58. The van der Waals surface area contributed by atoms with E-state index in [0.29, 0.717) is 5.92 Å². The van der Waals surface area contributed by atoms with Crippen LogP contribution in [0.4, 0.5) is 5.82 Å². The second-order valence-electron chi connectivity index (χ2n) is 6.10. The highest BCUT2D eigenvalue weighted by molar-refractivity contribution is 5.46. The number of hydrogen-bond donors (Lipinski definition) is 1. The summed E-state index contributed by atoms with van der Waals surface area (Å²) in [5.41, 5.74) is 1.30. The average Bonchev–Trinajstić information content (AvgIpc) is 3.31. The molecule has 1 aromatic rings. The highest BCUT2D eigenvalue weighted by Gasteiger charge is 2.22. The third-order valence-corrected chi connectivity index (χ3v) is 4.17. The van der Waals surface area contributed by atoms with E-state index in [9.17, 15) is 0 Å². The van der Waals surface area contributed by atoms with E-state index in [1.54, 1.807) is 0 Å². The number of hydrogen-bond acceptors (Lipinski definition) is 4. The molecule has 2 heterocycles. The predicted octanol–water partition coefficient (Wildman–Crippen LogP) is 2.20. The average molecular weight is 275 g/mol. The molecule has 1 atom stereocenters. The van der Waals surface area contributed by atoms with Gasteiger partial charge in [0.15, 0.2) is 0 Å². The summed E-state index contributed by atoms with van der Waals surface area (Å²) < 4.78 is 5.58. The van der Waals surface area contributed by atoms with E-state index in [-0.39, 0.29) is 0 Å². The lowest BCUT2D eigenvalue weighted by Gasteiger charge is -2.28. The lowest BCUT2D eigenvalue weighted by molar-refractivity contribution is 0.0576. The normalized spacial score (nSPS) is 22.8. The number of rotatable bonds is 6. The summed E-state index contributed by atoms with van der Waals surface area (Å²) in [5.74, 6) is 1.76. The summed E-state index contributed by atoms with van der Waals surface area (Å²) in [6.07, 6.45) is 7.00. The Morgan fingerprint density at radius 3 is 3.05 bits per heavy atom. The van der Waals surface area contributed by atoms with E-state index in [1.165, 1.54) is 31.2 Å². The second-order valence-corrected chi connectivity index (χ2v) is 6.10. The van der Waals surface area contributed by atoms with Crippen LogP contribution in [0.15, 0.2) is 18.3 Å². The van der Waals surface area contributed by atoms with Crippen LogP contribution in [0, 0.1) is 5.92 Å². The van der Waals surface area contributed by atoms with Gasteiger partial charge in [-0.2, -0.15) is 0 Å². The van der Waals surface area contributed by atoms with Gasteiger partial charge >= 0.3 is 0 Å². The molecule has 1 saturated carbocycles. The van der Waals surface area contributed by atoms with Gasteiger partial charge in [0, 0.05) is 44.5 Å². The number of pyridine rings is 1. The first-order valence-electron chi connectivity index (χ1n) is 7.79. The van der Waals surface area contributed by atoms with Gasteiger partial charge in [-0.25, -0.2) is 4.98 Å². The van der Waals surface area contributed by atoms with Gasteiger partial charge in [0.2, 0.25) is 0 Å². The van der Waals surface area contributed by atoms with Crippen molar-refractivity contribution in [3.8, 4) is 0 Å². The highest BCUT2D eigenvalue weighted by Crippen LogP contribution is 2.23. The summed E-state index contributed by atoms with van der Waals surface area (Å²) in [7, 11) is 2.15. The first kappa shape index (κ1) is 13.8. The molecular formula is C16H25N3O. The first-order chi connectivity index (χ1) is 9.83. The number of nitrogens with zero attached hydrogens (tertiary/aromatic N) is 2. The Morgan fingerprint density at radius 2 is 2.30 bits per heavy atom. The Labute approximate surface area is 121 Å². The Morgan fingerprint density at radius 1 is 1.40 bits per heavy atom. The molecule has 110 valence electrons. The molecule has 2 aliphatic rings. The zero-order valence-electron chi connectivity index (χ0n) is 12.3. The Balaban J connectivity index is 1.61. The SMILES string of the molecule is CN(CC1CCCOC1)c1ncccc1CNC1CC1.